The van der Waals surface area contributed by atoms with Gasteiger partial charge in [-0.15, -0.1) is 5.43 Å². The second kappa shape index (κ2) is 6.80. The Bertz CT molecular complexity index is 1150. The highest BCUT2D eigenvalue weighted by Gasteiger charge is 2.21. The normalized spacial score (nSPS) is 10.7. The molecule has 0 aliphatic carbocycles. The topological polar surface area (TPSA) is 83.9 Å². The number of rotatable bonds is 4. The first-order valence-electron chi connectivity index (χ1n) is 8.20. The summed E-state index contributed by atoms with van der Waals surface area (Å²) in [6.07, 6.45) is 4.57. The summed E-state index contributed by atoms with van der Waals surface area (Å²) < 4.78 is 13.5. The van der Waals surface area contributed by atoms with Crippen LogP contribution in [0.15, 0.2) is 73.2 Å². The van der Waals surface area contributed by atoms with Gasteiger partial charge in [-0.1, -0.05) is 18.2 Å². The molecule has 27 heavy (non-hydrogen) atoms. The van der Waals surface area contributed by atoms with E-state index in [1.165, 1.54) is 18.3 Å². The molecule has 6 nitrogen and oxygen atoms in total. The predicted octanol–water partition coefficient (Wildman–Crippen LogP) is 4.46. The van der Waals surface area contributed by atoms with Gasteiger partial charge in [0.25, 0.3) is 0 Å². The third-order valence-electron chi connectivity index (χ3n) is 4.17. The molecule has 0 spiro atoms. The maximum atomic E-state index is 13.5. The van der Waals surface area contributed by atoms with Gasteiger partial charge in [0.1, 0.15) is 23.5 Å². The van der Waals surface area contributed by atoms with E-state index in [1.54, 1.807) is 42.7 Å². The number of nitrogens with two attached hydrogens (primary N) is 1. The summed E-state index contributed by atoms with van der Waals surface area (Å²) in [4.78, 5) is 21.3. The van der Waals surface area contributed by atoms with E-state index in [4.69, 9.17) is 5.73 Å². The molecule has 7 heteroatoms. The molecule has 0 fully saturated rings. The minimum Gasteiger partial charge on any atom is -0.383 e. The maximum absolute atomic E-state index is 13.5. The smallest absolute Gasteiger partial charge is 0.318 e. The van der Waals surface area contributed by atoms with Crippen molar-refractivity contribution in [2.24, 2.45) is 0 Å². The lowest BCUT2D eigenvalue weighted by Gasteiger charge is -2.07. The quantitative estimate of drug-likeness (QED) is 0.415. The van der Waals surface area contributed by atoms with Crippen molar-refractivity contribution in [1.29, 1.82) is 0 Å². The number of nitrogen functional groups attached to an aromatic ring is 1. The molecule has 0 bridgehead atoms. The molecule has 0 aliphatic rings. The second-order valence-electron chi connectivity index (χ2n) is 5.95. The molecule has 2 aromatic carbocycles. The van der Waals surface area contributed by atoms with Crippen molar-refractivity contribution in [2.75, 3.05) is 11.2 Å². The molecule has 0 radical (unpaired) electrons. The van der Waals surface area contributed by atoms with Gasteiger partial charge in [0, 0.05) is 11.6 Å². The zero-order valence-corrected chi connectivity index (χ0v) is 14.1. The lowest BCUT2D eigenvalue weighted by molar-refractivity contribution is -0.426. The highest BCUT2D eigenvalue weighted by atomic mass is 19.1. The Balaban J connectivity index is 1.77. The standard InChI is InChI=1S/C20H15FN5O/c21-15-4-1-3-13(9-15)14-6-7-17-18(10-14)20(22)24-12-19(17)26(27)25-16-5-2-8-23-11-16/h1-12H,(H2,22,24)(H,25,27)/q+1. The van der Waals surface area contributed by atoms with Crippen LogP contribution in [0.2, 0.25) is 0 Å². The number of nitrogens with zero attached hydrogens (tertiary/aromatic N) is 3. The molecule has 0 aliphatic heterocycles. The number of aromatic nitrogens is 2. The van der Waals surface area contributed by atoms with E-state index in [-0.39, 0.29) is 5.82 Å². The molecule has 0 amide bonds. The summed E-state index contributed by atoms with van der Waals surface area (Å²) in [5.41, 5.74) is 11.1. The van der Waals surface area contributed by atoms with Gasteiger partial charge in [-0.25, -0.2) is 9.37 Å². The fourth-order valence-electron chi connectivity index (χ4n) is 2.87. The number of pyridine rings is 2. The summed E-state index contributed by atoms with van der Waals surface area (Å²) in [6, 6.07) is 15.1. The Hall–Kier alpha value is -3.87. The highest BCUT2D eigenvalue weighted by Crippen LogP contribution is 2.32. The Morgan fingerprint density at radius 2 is 1.81 bits per heavy atom. The van der Waals surface area contributed by atoms with E-state index in [1.807, 2.05) is 12.1 Å². The molecule has 2 aromatic heterocycles. The van der Waals surface area contributed by atoms with Gasteiger partial charge in [0.2, 0.25) is 0 Å². The van der Waals surface area contributed by atoms with Gasteiger partial charge in [-0.2, -0.15) is 0 Å². The molecule has 3 N–H and O–H groups in total. The van der Waals surface area contributed by atoms with E-state index in [0.29, 0.717) is 38.4 Å². The van der Waals surface area contributed by atoms with E-state index < -0.39 is 0 Å². The fraction of sp³-hybridized carbons (Fsp3) is 0. The molecule has 0 saturated heterocycles. The number of nitroso groups, excluding NO2 is 1. The summed E-state index contributed by atoms with van der Waals surface area (Å²) in [5.74, 6) is -0.0272. The highest BCUT2D eigenvalue weighted by molar-refractivity contribution is 5.99. The summed E-state index contributed by atoms with van der Waals surface area (Å²) in [7, 11) is 0. The molecular weight excluding hydrogens is 345 g/mol. The van der Waals surface area contributed by atoms with Gasteiger partial charge in [-0.3, -0.25) is 4.98 Å². The number of fused-ring (bicyclic) bond motifs is 1. The Labute approximate surface area is 154 Å². The largest absolute Gasteiger partial charge is 0.383 e. The molecule has 0 atom stereocenters. The number of hydrazine groups is 1. The molecule has 0 saturated carbocycles. The summed E-state index contributed by atoms with van der Waals surface area (Å²) in [5, 5.41) is 1.25. The van der Waals surface area contributed by atoms with Gasteiger partial charge in [-0.05, 0) is 47.5 Å². The van der Waals surface area contributed by atoms with E-state index in [9.17, 15) is 9.30 Å². The summed E-state index contributed by atoms with van der Waals surface area (Å²) in [6.45, 7) is 0. The van der Waals surface area contributed by atoms with Crippen molar-refractivity contribution in [3.63, 3.8) is 0 Å². The monoisotopic (exact) mass is 360 g/mol. The minimum absolute atomic E-state index is 0.293. The number of benzene rings is 2. The molecule has 4 aromatic rings. The van der Waals surface area contributed by atoms with Gasteiger partial charge >= 0.3 is 5.69 Å². The van der Waals surface area contributed by atoms with Crippen LogP contribution < -0.4 is 11.2 Å². The number of nitrogens with one attached hydrogen (secondary N) is 1. The number of hydrogen-bond donors (Lipinski definition) is 2. The van der Waals surface area contributed by atoms with Crippen LogP contribution in [-0.4, -0.2) is 14.8 Å². The van der Waals surface area contributed by atoms with Gasteiger partial charge in [0.15, 0.2) is 4.87 Å². The van der Waals surface area contributed by atoms with Crippen LogP contribution in [0.4, 0.5) is 21.6 Å². The van der Waals surface area contributed by atoms with Crippen LogP contribution in [0.3, 0.4) is 0 Å². The average Bonchev–Trinajstić information content (AvgIpc) is 2.69. The van der Waals surface area contributed by atoms with Crippen molar-refractivity contribution in [3.05, 3.63) is 83.9 Å². The maximum Gasteiger partial charge on any atom is 0.318 e. The molecule has 2 heterocycles. The van der Waals surface area contributed by atoms with Crippen molar-refractivity contribution >= 4 is 28.0 Å². The van der Waals surface area contributed by atoms with Crippen molar-refractivity contribution in [1.82, 2.24) is 9.97 Å². The van der Waals surface area contributed by atoms with Crippen LogP contribution >= 0.6 is 0 Å². The molecule has 132 valence electrons. The lowest BCUT2D eigenvalue weighted by atomic mass is 10.0. The second-order valence-corrected chi connectivity index (χ2v) is 5.95. The van der Waals surface area contributed by atoms with Crippen molar-refractivity contribution in [3.8, 4) is 11.1 Å². The zero-order valence-electron chi connectivity index (χ0n) is 14.1. The van der Waals surface area contributed by atoms with Crippen molar-refractivity contribution < 1.29 is 9.26 Å². The van der Waals surface area contributed by atoms with Crippen LogP contribution in [0.25, 0.3) is 21.9 Å². The molecule has 0 unspecified atom stereocenters. The third kappa shape index (κ3) is 3.30. The molecular formula is C20H15FN5O+. The Morgan fingerprint density at radius 1 is 0.963 bits per heavy atom. The zero-order chi connectivity index (χ0) is 18.8. The first kappa shape index (κ1) is 16.6. The van der Waals surface area contributed by atoms with E-state index in [2.05, 4.69) is 15.4 Å². The average molecular weight is 360 g/mol. The first-order valence-corrected chi connectivity index (χ1v) is 8.20. The Morgan fingerprint density at radius 3 is 2.59 bits per heavy atom. The first-order chi connectivity index (χ1) is 13.1. The fourth-order valence-corrected chi connectivity index (χ4v) is 2.87. The third-order valence-corrected chi connectivity index (χ3v) is 4.17. The van der Waals surface area contributed by atoms with E-state index >= 15 is 0 Å². The number of anilines is 2. The number of halogens is 1. The number of hydrogen-bond acceptors (Lipinski definition) is 4. The van der Waals surface area contributed by atoms with Crippen LogP contribution in [0, 0.1) is 10.7 Å². The minimum atomic E-state index is -0.321. The van der Waals surface area contributed by atoms with Gasteiger partial charge < -0.3 is 5.73 Å². The van der Waals surface area contributed by atoms with Crippen LogP contribution in [-0.2, 0) is 0 Å². The summed E-state index contributed by atoms with van der Waals surface area (Å²) >= 11 is 0. The van der Waals surface area contributed by atoms with E-state index in [0.717, 1.165) is 5.56 Å². The Kier molecular flexibility index (Phi) is 4.18. The van der Waals surface area contributed by atoms with Crippen LogP contribution in [0.5, 0.6) is 0 Å². The molecule has 4 rings (SSSR count). The SMILES string of the molecule is Nc1ncc([N+](=O)Nc2cccnc2)c2ccc(-c3cccc(F)c3)cc12. The van der Waals surface area contributed by atoms with Crippen LogP contribution in [0.1, 0.15) is 0 Å². The lowest BCUT2D eigenvalue weighted by Crippen LogP contribution is -2.11. The predicted molar refractivity (Wildman–Crippen MR) is 103 cm³/mol. The van der Waals surface area contributed by atoms with Gasteiger partial charge in [0.05, 0.1) is 16.5 Å². The van der Waals surface area contributed by atoms with Crippen molar-refractivity contribution in [2.45, 2.75) is 0 Å².